The molecule has 0 aromatic heterocycles. The molecule has 112 valence electrons. The van der Waals surface area contributed by atoms with Crippen molar-refractivity contribution in [2.24, 2.45) is 5.73 Å². The number of amides is 1. The van der Waals surface area contributed by atoms with Gasteiger partial charge < -0.3 is 20.5 Å². The number of benzene rings is 1. The lowest BCUT2D eigenvalue weighted by Crippen LogP contribution is -2.34. The molecule has 1 aromatic rings. The summed E-state index contributed by atoms with van der Waals surface area (Å²) in [7, 11) is 1.65. The fourth-order valence-corrected chi connectivity index (χ4v) is 1.71. The van der Waals surface area contributed by atoms with Gasteiger partial charge in [-0.3, -0.25) is 4.79 Å². The molecule has 0 radical (unpaired) electrons. The molecule has 3 N–H and O–H groups in total. The molecule has 0 saturated carbocycles. The Labute approximate surface area is 120 Å². The van der Waals surface area contributed by atoms with Crippen molar-refractivity contribution in [3.63, 3.8) is 0 Å². The van der Waals surface area contributed by atoms with Crippen LogP contribution in [0.15, 0.2) is 30.3 Å². The van der Waals surface area contributed by atoms with E-state index in [4.69, 9.17) is 15.2 Å². The summed E-state index contributed by atoms with van der Waals surface area (Å²) in [6.07, 6.45) is 1.78. The second-order valence-corrected chi connectivity index (χ2v) is 4.49. The highest BCUT2D eigenvalue weighted by atomic mass is 16.5. The minimum atomic E-state index is -0.603. The fraction of sp³-hybridized carbons (Fsp3) is 0.533. The Morgan fingerprint density at radius 3 is 2.65 bits per heavy atom. The fourth-order valence-electron chi connectivity index (χ4n) is 1.71. The first-order chi connectivity index (χ1) is 9.75. The van der Waals surface area contributed by atoms with Crippen LogP contribution in [-0.2, 0) is 14.3 Å². The molecule has 0 bridgehead atoms. The minimum absolute atomic E-state index is 0.142. The van der Waals surface area contributed by atoms with Gasteiger partial charge in [0.05, 0.1) is 13.2 Å². The summed E-state index contributed by atoms with van der Waals surface area (Å²) in [6.45, 7) is 2.53. The number of nitrogens with one attached hydrogen (secondary N) is 1. The number of hydrogen-bond acceptors (Lipinski definition) is 4. The van der Waals surface area contributed by atoms with Gasteiger partial charge in [0, 0.05) is 20.3 Å². The third-order valence-electron chi connectivity index (χ3n) is 2.89. The molecule has 5 nitrogen and oxygen atoms in total. The van der Waals surface area contributed by atoms with Gasteiger partial charge in [-0.15, -0.1) is 0 Å². The average molecular weight is 280 g/mol. The van der Waals surface area contributed by atoms with Crippen LogP contribution in [0, 0.1) is 0 Å². The van der Waals surface area contributed by atoms with Crippen LogP contribution >= 0.6 is 0 Å². The van der Waals surface area contributed by atoms with Crippen molar-refractivity contribution in [1.82, 2.24) is 5.32 Å². The minimum Gasteiger partial charge on any atom is -0.382 e. The van der Waals surface area contributed by atoms with Crippen molar-refractivity contribution >= 4 is 5.91 Å². The topological polar surface area (TPSA) is 73.6 Å². The van der Waals surface area contributed by atoms with E-state index in [1.807, 2.05) is 30.3 Å². The normalized spacial score (nSPS) is 12.1. The zero-order chi connectivity index (χ0) is 14.6. The van der Waals surface area contributed by atoms with Gasteiger partial charge in [0.25, 0.3) is 0 Å². The number of unbranched alkanes of at least 4 members (excludes halogenated alkanes) is 1. The number of carbonyl (C=O) groups excluding carboxylic acids is 1. The maximum atomic E-state index is 11.8. The number of hydrogen-bond donors (Lipinski definition) is 2. The standard InChI is InChI=1S/C15H24N2O3/c1-19-11-12-20-10-6-5-9-17-15(18)14(16)13-7-3-2-4-8-13/h2-4,7-8,14H,5-6,9-12,16H2,1H3,(H,17,18). The van der Waals surface area contributed by atoms with Crippen LogP contribution < -0.4 is 11.1 Å². The Bertz CT molecular complexity index is 371. The largest absolute Gasteiger partial charge is 0.382 e. The highest BCUT2D eigenvalue weighted by molar-refractivity contribution is 5.82. The zero-order valence-electron chi connectivity index (χ0n) is 12.0. The molecule has 1 unspecified atom stereocenters. The third-order valence-corrected chi connectivity index (χ3v) is 2.89. The van der Waals surface area contributed by atoms with Gasteiger partial charge in [0.1, 0.15) is 6.04 Å². The van der Waals surface area contributed by atoms with Crippen LogP contribution in [0.4, 0.5) is 0 Å². The molecule has 1 amide bonds. The van der Waals surface area contributed by atoms with Gasteiger partial charge in [0.2, 0.25) is 5.91 Å². The van der Waals surface area contributed by atoms with Crippen molar-refractivity contribution in [2.75, 3.05) is 33.5 Å². The summed E-state index contributed by atoms with van der Waals surface area (Å²) in [5.41, 5.74) is 6.71. The molecular formula is C15H24N2O3. The summed E-state index contributed by atoms with van der Waals surface area (Å²) in [5, 5.41) is 2.84. The van der Waals surface area contributed by atoms with E-state index in [9.17, 15) is 4.79 Å². The Morgan fingerprint density at radius 2 is 1.95 bits per heavy atom. The summed E-state index contributed by atoms with van der Waals surface area (Å²) in [6, 6.07) is 8.76. The van der Waals surface area contributed by atoms with E-state index in [-0.39, 0.29) is 5.91 Å². The quantitative estimate of drug-likeness (QED) is 0.633. The molecule has 1 rings (SSSR count). The lowest BCUT2D eigenvalue weighted by atomic mass is 10.1. The van der Waals surface area contributed by atoms with Gasteiger partial charge in [-0.05, 0) is 18.4 Å². The smallest absolute Gasteiger partial charge is 0.241 e. The van der Waals surface area contributed by atoms with Crippen molar-refractivity contribution < 1.29 is 14.3 Å². The molecule has 0 fully saturated rings. The van der Waals surface area contributed by atoms with Crippen molar-refractivity contribution in [2.45, 2.75) is 18.9 Å². The Kier molecular flexibility index (Phi) is 8.62. The lowest BCUT2D eigenvalue weighted by Gasteiger charge is -2.12. The highest BCUT2D eigenvalue weighted by Crippen LogP contribution is 2.09. The van der Waals surface area contributed by atoms with Gasteiger partial charge in [0.15, 0.2) is 0 Å². The monoisotopic (exact) mass is 280 g/mol. The number of rotatable bonds is 10. The van der Waals surface area contributed by atoms with Gasteiger partial charge in [-0.25, -0.2) is 0 Å². The molecule has 0 aliphatic carbocycles. The predicted octanol–water partition coefficient (Wildman–Crippen LogP) is 1.25. The van der Waals surface area contributed by atoms with Crippen LogP contribution in [0.5, 0.6) is 0 Å². The third kappa shape index (κ3) is 6.65. The molecule has 20 heavy (non-hydrogen) atoms. The van der Waals surface area contributed by atoms with Crippen molar-refractivity contribution in [3.8, 4) is 0 Å². The van der Waals surface area contributed by atoms with Crippen LogP contribution in [0.25, 0.3) is 0 Å². The molecule has 0 aliphatic heterocycles. The Balaban J connectivity index is 2.08. The van der Waals surface area contributed by atoms with Crippen LogP contribution in [0.1, 0.15) is 24.4 Å². The zero-order valence-corrected chi connectivity index (χ0v) is 12.0. The van der Waals surface area contributed by atoms with Crippen LogP contribution in [0.3, 0.4) is 0 Å². The van der Waals surface area contributed by atoms with E-state index in [0.717, 1.165) is 18.4 Å². The van der Waals surface area contributed by atoms with Gasteiger partial charge in [-0.1, -0.05) is 30.3 Å². The maximum absolute atomic E-state index is 11.8. The Morgan fingerprint density at radius 1 is 1.20 bits per heavy atom. The highest BCUT2D eigenvalue weighted by Gasteiger charge is 2.14. The van der Waals surface area contributed by atoms with E-state index < -0.39 is 6.04 Å². The van der Waals surface area contributed by atoms with Crippen molar-refractivity contribution in [1.29, 1.82) is 0 Å². The van der Waals surface area contributed by atoms with E-state index in [1.165, 1.54) is 0 Å². The molecule has 1 atom stereocenters. The number of methoxy groups -OCH3 is 1. The summed E-state index contributed by atoms with van der Waals surface area (Å²) >= 11 is 0. The second kappa shape index (κ2) is 10.4. The van der Waals surface area contributed by atoms with E-state index in [2.05, 4.69) is 5.32 Å². The van der Waals surface area contributed by atoms with Gasteiger partial charge >= 0.3 is 0 Å². The number of nitrogens with two attached hydrogens (primary N) is 1. The number of carbonyl (C=O) groups is 1. The molecule has 0 saturated heterocycles. The van der Waals surface area contributed by atoms with Crippen LogP contribution in [0.2, 0.25) is 0 Å². The van der Waals surface area contributed by atoms with E-state index in [1.54, 1.807) is 7.11 Å². The molecule has 5 heteroatoms. The molecule has 0 spiro atoms. The average Bonchev–Trinajstić information content (AvgIpc) is 2.50. The molecule has 1 aromatic carbocycles. The van der Waals surface area contributed by atoms with Crippen LogP contribution in [-0.4, -0.2) is 39.4 Å². The molecule has 0 aliphatic rings. The lowest BCUT2D eigenvalue weighted by molar-refractivity contribution is -0.122. The summed E-state index contributed by atoms with van der Waals surface area (Å²) in [4.78, 5) is 11.8. The first-order valence-electron chi connectivity index (χ1n) is 6.90. The second-order valence-electron chi connectivity index (χ2n) is 4.49. The molecular weight excluding hydrogens is 256 g/mol. The Hall–Kier alpha value is -1.43. The first kappa shape index (κ1) is 16.6. The van der Waals surface area contributed by atoms with Gasteiger partial charge in [-0.2, -0.15) is 0 Å². The van der Waals surface area contributed by atoms with E-state index >= 15 is 0 Å². The summed E-state index contributed by atoms with van der Waals surface area (Å²) < 4.78 is 10.2. The first-order valence-corrected chi connectivity index (χ1v) is 6.90. The summed E-state index contributed by atoms with van der Waals surface area (Å²) in [5.74, 6) is -0.142. The predicted molar refractivity (Wildman–Crippen MR) is 78.3 cm³/mol. The van der Waals surface area contributed by atoms with Crippen molar-refractivity contribution in [3.05, 3.63) is 35.9 Å². The van der Waals surface area contributed by atoms with E-state index in [0.29, 0.717) is 26.4 Å². The maximum Gasteiger partial charge on any atom is 0.241 e. The SMILES string of the molecule is COCCOCCCCNC(=O)C(N)c1ccccc1. The number of ether oxygens (including phenoxy) is 2. The molecule has 0 heterocycles.